The number of ether oxygens (including phenoxy) is 1. The fraction of sp³-hybridized carbons (Fsp3) is 0.500. The predicted molar refractivity (Wildman–Crippen MR) is 70.5 cm³/mol. The van der Waals surface area contributed by atoms with Gasteiger partial charge in [0.15, 0.2) is 6.23 Å². The van der Waals surface area contributed by atoms with Gasteiger partial charge in [0.25, 0.3) is 5.69 Å². The van der Waals surface area contributed by atoms with Crippen molar-refractivity contribution in [2.24, 2.45) is 0 Å². The molecular weight excluding hydrogens is 284 g/mol. The number of hydrogen-bond donors (Lipinski definition) is 5. The molecule has 1 aromatic carbocycles. The molecule has 1 aliphatic heterocycles. The third-order valence-electron chi connectivity index (χ3n) is 3.28. The Labute approximate surface area is 119 Å². The fourth-order valence-corrected chi connectivity index (χ4v) is 2.06. The van der Waals surface area contributed by atoms with Gasteiger partial charge in [-0.15, -0.1) is 0 Å². The van der Waals surface area contributed by atoms with Crippen LogP contribution in [0.5, 0.6) is 0 Å². The Balaban J connectivity index is 2.08. The zero-order valence-corrected chi connectivity index (χ0v) is 10.9. The number of aliphatic hydroxyl groups is 4. The van der Waals surface area contributed by atoms with E-state index < -0.39 is 42.2 Å². The summed E-state index contributed by atoms with van der Waals surface area (Å²) in [6.07, 6.45) is -6.41. The van der Waals surface area contributed by atoms with Gasteiger partial charge in [0.2, 0.25) is 0 Å². The number of rotatable bonds is 4. The minimum Gasteiger partial charge on any atom is -0.394 e. The Hall–Kier alpha value is -1.78. The highest BCUT2D eigenvalue weighted by atomic mass is 16.6. The number of anilines is 1. The van der Waals surface area contributed by atoms with Crippen molar-refractivity contribution in [3.05, 3.63) is 34.4 Å². The van der Waals surface area contributed by atoms with E-state index in [2.05, 4.69) is 5.32 Å². The van der Waals surface area contributed by atoms with E-state index in [0.717, 1.165) is 0 Å². The van der Waals surface area contributed by atoms with E-state index in [-0.39, 0.29) is 5.69 Å². The van der Waals surface area contributed by atoms with Crippen LogP contribution >= 0.6 is 0 Å². The summed E-state index contributed by atoms with van der Waals surface area (Å²) in [5, 5.41) is 51.5. The van der Waals surface area contributed by atoms with Gasteiger partial charge in [-0.3, -0.25) is 10.1 Å². The minimum atomic E-state index is -1.48. The van der Waals surface area contributed by atoms with Crippen molar-refractivity contribution < 1.29 is 30.1 Å². The highest BCUT2D eigenvalue weighted by molar-refractivity contribution is 5.49. The van der Waals surface area contributed by atoms with E-state index in [4.69, 9.17) is 9.84 Å². The van der Waals surface area contributed by atoms with Gasteiger partial charge in [0.1, 0.15) is 24.4 Å². The molecule has 116 valence electrons. The highest BCUT2D eigenvalue weighted by Gasteiger charge is 2.43. The number of nitro groups is 1. The van der Waals surface area contributed by atoms with E-state index >= 15 is 0 Å². The Kier molecular flexibility index (Phi) is 4.70. The summed E-state index contributed by atoms with van der Waals surface area (Å²) in [5.41, 5.74) is 0.333. The molecule has 2 rings (SSSR count). The first-order valence-corrected chi connectivity index (χ1v) is 6.25. The molecule has 9 nitrogen and oxygen atoms in total. The fourth-order valence-electron chi connectivity index (χ4n) is 2.06. The number of nitrogens with one attached hydrogen (secondary N) is 1. The summed E-state index contributed by atoms with van der Waals surface area (Å²) < 4.78 is 5.26. The lowest BCUT2D eigenvalue weighted by Crippen LogP contribution is -2.60. The second-order valence-corrected chi connectivity index (χ2v) is 4.70. The second kappa shape index (κ2) is 6.33. The molecule has 0 unspecified atom stereocenters. The molecule has 0 spiro atoms. The lowest BCUT2D eigenvalue weighted by atomic mass is 9.98. The van der Waals surface area contributed by atoms with Crippen LogP contribution in [0.1, 0.15) is 0 Å². The van der Waals surface area contributed by atoms with Crippen LogP contribution in [0.3, 0.4) is 0 Å². The number of benzene rings is 1. The van der Waals surface area contributed by atoms with Gasteiger partial charge in [0, 0.05) is 17.8 Å². The first-order valence-electron chi connectivity index (χ1n) is 6.25. The molecule has 5 N–H and O–H groups in total. The topological polar surface area (TPSA) is 145 Å². The molecule has 1 heterocycles. The quantitative estimate of drug-likeness (QED) is 0.344. The zero-order chi connectivity index (χ0) is 15.6. The molecule has 5 atom stereocenters. The van der Waals surface area contributed by atoms with E-state index in [1.165, 1.54) is 24.3 Å². The average molecular weight is 300 g/mol. The van der Waals surface area contributed by atoms with E-state index in [9.17, 15) is 25.4 Å². The molecule has 21 heavy (non-hydrogen) atoms. The first-order chi connectivity index (χ1) is 9.93. The zero-order valence-electron chi connectivity index (χ0n) is 10.9. The molecule has 9 heteroatoms. The molecule has 1 fully saturated rings. The summed E-state index contributed by atoms with van der Waals surface area (Å²) in [6, 6.07) is 5.37. The maximum atomic E-state index is 10.5. The highest BCUT2D eigenvalue weighted by Crippen LogP contribution is 2.23. The lowest BCUT2D eigenvalue weighted by molar-refractivity contribution is -0.384. The van der Waals surface area contributed by atoms with Crippen LogP contribution in [0, 0.1) is 10.1 Å². The maximum Gasteiger partial charge on any atom is 0.269 e. The van der Waals surface area contributed by atoms with E-state index in [1.54, 1.807) is 0 Å². The van der Waals surface area contributed by atoms with Crippen LogP contribution in [0.2, 0.25) is 0 Å². The number of nitrogens with zero attached hydrogens (tertiary/aromatic N) is 1. The van der Waals surface area contributed by atoms with Crippen molar-refractivity contribution in [1.82, 2.24) is 0 Å². The predicted octanol–water partition coefficient (Wildman–Crippen LogP) is -1.19. The second-order valence-electron chi connectivity index (χ2n) is 4.70. The Morgan fingerprint density at radius 3 is 2.29 bits per heavy atom. The third kappa shape index (κ3) is 3.28. The summed E-state index contributed by atoms with van der Waals surface area (Å²) in [6.45, 7) is -0.524. The molecule has 0 radical (unpaired) electrons. The van der Waals surface area contributed by atoms with Crippen molar-refractivity contribution in [2.75, 3.05) is 11.9 Å². The summed E-state index contributed by atoms with van der Waals surface area (Å²) in [5.74, 6) is 0. The SMILES string of the molecule is O=[N+]([O-])c1ccc(N[C@@H]2O[C@H](CO)[C@H](O)[C@H](O)[C@H]2O)cc1. The van der Waals surface area contributed by atoms with Gasteiger partial charge in [-0.2, -0.15) is 0 Å². The van der Waals surface area contributed by atoms with Gasteiger partial charge < -0.3 is 30.5 Å². The van der Waals surface area contributed by atoms with Gasteiger partial charge in [-0.25, -0.2) is 0 Å². The third-order valence-corrected chi connectivity index (χ3v) is 3.28. The lowest BCUT2D eigenvalue weighted by Gasteiger charge is -2.40. The molecular formula is C12H16N2O7. The van der Waals surface area contributed by atoms with Crippen LogP contribution in [-0.4, -0.2) is 62.6 Å². The van der Waals surface area contributed by atoms with Gasteiger partial charge in [-0.05, 0) is 12.1 Å². The number of nitro benzene ring substituents is 1. The number of aliphatic hydroxyl groups excluding tert-OH is 4. The van der Waals surface area contributed by atoms with Crippen molar-refractivity contribution in [2.45, 2.75) is 30.6 Å². The van der Waals surface area contributed by atoms with Crippen molar-refractivity contribution in [1.29, 1.82) is 0 Å². The molecule has 1 aliphatic rings. The molecule has 0 aromatic heterocycles. The summed E-state index contributed by atoms with van der Waals surface area (Å²) >= 11 is 0. The van der Waals surface area contributed by atoms with Gasteiger partial charge >= 0.3 is 0 Å². The largest absolute Gasteiger partial charge is 0.394 e. The average Bonchev–Trinajstić information content (AvgIpc) is 2.48. The molecule has 0 amide bonds. The van der Waals surface area contributed by atoms with Crippen LogP contribution in [0.15, 0.2) is 24.3 Å². The van der Waals surface area contributed by atoms with Gasteiger partial charge in [0.05, 0.1) is 11.5 Å². The van der Waals surface area contributed by atoms with E-state index in [1.807, 2.05) is 0 Å². The first kappa shape index (κ1) is 15.6. The minimum absolute atomic E-state index is 0.0886. The Morgan fingerprint density at radius 2 is 1.76 bits per heavy atom. The molecule has 0 bridgehead atoms. The molecule has 1 aromatic rings. The summed E-state index contributed by atoms with van der Waals surface area (Å²) in [7, 11) is 0. The van der Waals surface area contributed by atoms with Crippen LogP contribution < -0.4 is 5.32 Å². The molecule has 1 saturated heterocycles. The maximum absolute atomic E-state index is 10.5. The standard InChI is InChI=1S/C12H16N2O7/c15-5-8-9(16)10(17)11(18)12(21-8)13-6-1-3-7(4-2-6)14(19)20/h1-4,8-13,15-18H,5H2/t8-,9+,10+,11-,12-/m1/s1. The Bertz CT molecular complexity index is 493. The Morgan fingerprint density at radius 1 is 1.14 bits per heavy atom. The smallest absolute Gasteiger partial charge is 0.269 e. The van der Waals surface area contributed by atoms with Crippen LogP contribution in [-0.2, 0) is 4.74 Å². The normalized spacial score (nSPS) is 32.7. The monoisotopic (exact) mass is 300 g/mol. The number of non-ortho nitro benzene ring substituents is 1. The van der Waals surface area contributed by atoms with Crippen molar-refractivity contribution in [3.8, 4) is 0 Å². The van der Waals surface area contributed by atoms with Crippen LogP contribution in [0.4, 0.5) is 11.4 Å². The van der Waals surface area contributed by atoms with E-state index in [0.29, 0.717) is 5.69 Å². The van der Waals surface area contributed by atoms with Crippen LogP contribution in [0.25, 0.3) is 0 Å². The van der Waals surface area contributed by atoms with Crippen molar-refractivity contribution in [3.63, 3.8) is 0 Å². The molecule has 0 aliphatic carbocycles. The number of hydrogen-bond acceptors (Lipinski definition) is 8. The van der Waals surface area contributed by atoms with Crippen molar-refractivity contribution >= 4 is 11.4 Å². The molecule has 0 saturated carbocycles. The van der Waals surface area contributed by atoms with Gasteiger partial charge in [-0.1, -0.05) is 0 Å². The summed E-state index contributed by atoms with van der Waals surface area (Å²) in [4.78, 5) is 10.0.